The van der Waals surface area contributed by atoms with Gasteiger partial charge in [0.1, 0.15) is 16.5 Å². The van der Waals surface area contributed by atoms with E-state index >= 15 is 0 Å². The van der Waals surface area contributed by atoms with Gasteiger partial charge in [0.05, 0.1) is 5.69 Å². The normalized spacial score (nSPS) is 14.1. The fourth-order valence-corrected chi connectivity index (χ4v) is 5.87. The molecule has 0 aliphatic carbocycles. The van der Waals surface area contributed by atoms with Crippen LogP contribution in [0.15, 0.2) is 83.9 Å². The quantitative estimate of drug-likeness (QED) is 0.337. The van der Waals surface area contributed by atoms with Crippen molar-refractivity contribution in [3.63, 3.8) is 0 Å². The van der Waals surface area contributed by atoms with Crippen molar-refractivity contribution >= 4 is 38.9 Å². The van der Waals surface area contributed by atoms with E-state index in [1.165, 1.54) is 11.2 Å². The van der Waals surface area contributed by atoms with Crippen LogP contribution in [0.4, 0.5) is 31.8 Å². The van der Waals surface area contributed by atoms with Gasteiger partial charge in [0.25, 0.3) is 0 Å². The number of hydrogen-bond acceptors (Lipinski definition) is 7. The first-order valence-electron chi connectivity index (χ1n) is 12.5. The van der Waals surface area contributed by atoms with Crippen molar-refractivity contribution in [2.75, 3.05) is 41.7 Å². The number of amides is 1. The van der Waals surface area contributed by atoms with E-state index in [0.717, 1.165) is 34.8 Å². The SMILES string of the molecule is CC(=O)Nc1ccc(-c2ccnc(Nc3ccc(N4CCN(S(=O)(=O)c5ccc(F)cc5F)CC4)cc3)n2)cc1. The Bertz CT molecular complexity index is 1630. The highest BCUT2D eigenvalue weighted by molar-refractivity contribution is 7.89. The molecule has 0 spiro atoms. The van der Waals surface area contributed by atoms with Crippen LogP contribution in [0.5, 0.6) is 0 Å². The third-order valence-electron chi connectivity index (χ3n) is 6.40. The van der Waals surface area contributed by atoms with E-state index in [4.69, 9.17) is 0 Å². The van der Waals surface area contributed by atoms with Crippen LogP contribution in [0.3, 0.4) is 0 Å². The molecule has 12 heteroatoms. The lowest BCUT2D eigenvalue weighted by Crippen LogP contribution is -2.48. The van der Waals surface area contributed by atoms with Gasteiger partial charge in [-0.05, 0) is 54.6 Å². The number of nitrogens with zero attached hydrogens (tertiary/aromatic N) is 4. The van der Waals surface area contributed by atoms with Crippen molar-refractivity contribution in [2.24, 2.45) is 0 Å². The van der Waals surface area contributed by atoms with Gasteiger partial charge >= 0.3 is 0 Å². The minimum atomic E-state index is -4.06. The number of carbonyl (C=O) groups excluding carboxylic acids is 1. The number of benzene rings is 3. The Morgan fingerprint density at radius 3 is 2.20 bits per heavy atom. The van der Waals surface area contributed by atoms with Crippen molar-refractivity contribution < 1.29 is 22.0 Å². The Hall–Kier alpha value is -4.42. The smallest absolute Gasteiger partial charge is 0.246 e. The summed E-state index contributed by atoms with van der Waals surface area (Å²) in [5.74, 6) is -1.64. The van der Waals surface area contributed by atoms with Gasteiger partial charge in [-0.3, -0.25) is 4.79 Å². The van der Waals surface area contributed by atoms with Crippen molar-refractivity contribution in [3.05, 3.63) is 90.6 Å². The topological polar surface area (TPSA) is 108 Å². The van der Waals surface area contributed by atoms with Gasteiger partial charge < -0.3 is 15.5 Å². The molecular weight excluding hydrogens is 538 g/mol. The van der Waals surface area contributed by atoms with Crippen LogP contribution in [0, 0.1) is 11.6 Å². The molecule has 1 aliphatic heterocycles. The average Bonchev–Trinajstić information content (AvgIpc) is 2.94. The van der Waals surface area contributed by atoms with Crippen molar-refractivity contribution in [1.29, 1.82) is 0 Å². The summed E-state index contributed by atoms with van der Waals surface area (Å²) in [6, 6.07) is 19.2. The Morgan fingerprint density at radius 2 is 1.55 bits per heavy atom. The lowest BCUT2D eigenvalue weighted by Gasteiger charge is -2.35. The van der Waals surface area contributed by atoms with Crippen LogP contribution >= 0.6 is 0 Å². The van der Waals surface area contributed by atoms with Crippen LogP contribution in [0.25, 0.3) is 11.3 Å². The zero-order valence-electron chi connectivity index (χ0n) is 21.5. The molecule has 1 fully saturated rings. The first kappa shape index (κ1) is 27.2. The Labute approximate surface area is 230 Å². The van der Waals surface area contributed by atoms with Crippen LogP contribution in [-0.2, 0) is 14.8 Å². The zero-order chi connectivity index (χ0) is 28.3. The monoisotopic (exact) mass is 564 g/mol. The van der Waals surface area contributed by atoms with E-state index in [2.05, 4.69) is 20.6 Å². The molecule has 3 aromatic carbocycles. The van der Waals surface area contributed by atoms with E-state index in [0.29, 0.717) is 30.8 Å². The maximum Gasteiger partial charge on any atom is 0.246 e. The molecule has 0 atom stereocenters. The number of rotatable bonds is 7. The minimum Gasteiger partial charge on any atom is -0.369 e. The molecule has 1 aliphatic rings. The molecule has 1 amide bonds. The largest absolute Gasteiger partial charge is 0.369 e. The van der Waals surface area contributed by atoms with Gasteiger partial charge in [-0.2, -0.15) is 4.31 Å². The summed E-state index contributed by atoms with van der Waals surface area (Å²) >= 11 is 0. The molecule has 40 heavy (non-hydrogen) atoms. The van der Waals surface area contributed by atoms with Gasteiger partial charge in [-0.1, -0.05) is 12.1 Å². The first-order valence-corrected chi connectivity index (χ1v) is 13.9. The number of anilines is 4. The number of aromatic nitrogens is 2. The number of carbonyl (C=O) groups is 1. The van der Waals surface area contributed by atoms with Gasteiger partial charge in [-0.25, -0.2) is 27.2 Å². The predicted octanol–water partition coefficient (Wildman–Crippen LogP) is 4.63. The summed E-state index contributed by atoms with van der Waals surface area (Å²) in [7, 11) is -4.06. The summed E-state index contributed by atoms with van der Waals surface area (Å²) in [6.07, 6.45) is 1.66. The Morgan fingerprint density at radius 1 is 0.875 bits per heavy atom. The second-order valence-electron chi connectivity index (χ2n) is 9.16. The molecule has 1 saturated heterocycles. The summed E-state index contributed by atoms with van der Waals surface area (Å²) < 4.78 is 54.3. The first-order chi connectivity index (χ1) is 19.2. The van der Waals surface area contributed by atoms with E-state index in [-0.39, 0.29) is 19.0 Å². The lowest BCUT2D eigenvalue weighted by atomic mass is 10.1. The molecule has 9 nitrogen and oxygen atoms in total. The maximum atomic E-state index is 14.1. The van der Waals surface area contributed by atoms with Crippen LogP contribution in [0.1, 0.15) is 6.92 Å². The van der Waals surface area contributed by atoms with Crippen molar-refractivity contribution in [3.8, 4) is 11.3 Å². The van der Waals surface area contributed by atoms with E-state index in [9.17, 15) is 22.0 Å². The van der Waals surface area contributed by atoms with Crippen LogP contribution in [-0.4, -0.2) is 54.8 Å². The summed E-state index contributed by atoms with van der Waals surface area (Å²) in [6.45, 7) is 2.63. The third-order valence-corrected chi connectivity index (χ3v) is 8.33. The fourth-order valence-electron chi connectivity index (χ4n) is 4.40. The molecule has 0 bridgehead atoms. The highest BCUT2D eigenvalue weighted by atomic mass is 32.2. The number of halogens is 2. The Kier molecular flexibility index (Phi) is 7.71. The predicted molar refractivity (Wildman–Crippen MR) is 149 cm³/mol. The molecule has 2 heterocycles. The molecule has 5 rings (SSSR count). The summed E-state index contributed by atoms with van der Waals surface area (Å²) in [4.78, 5) is 21.6. The number of nitrogens with one attached hydrogen (secondary N) is 2. The molecule has 206 valence electrons. The van der Waals surface area contributed by atoms with Crippen molar-refractivity contribution in [2.45, 2.75) is 11.8 Å². The molecule has 2 N–H and O–H groups in total. The minimum absolute atomic E-state index is 0.138. The van der Waals surface area contributed by atoms with E-state index < -0.39 is 26.6 Å². The highest BCUT2D eigenvalue weighted by Gasteiger charge is 2.31. The van der Waals surface area contributed by atoms with Gasteiger partial charge in [-0.15, -0.1) is 0 Å². The molecule has 0 unspecified atom stereocenters. The van der Waals surface area contributed by atoms with Gasteiger partial charge in [0, 0.05) is 68.0 Å². The molecule has 1 aromatic heterocycles. The molecule has 0 radical (unpaired) electrons. The molecular formula is C28H26F2N6O3S. The second-order valence-corrected chi connectivity index (χ2v) is 11.1. The van der Waals surface area contributed by atoms with Crippen molar-refractivity contribution in [1.82, 2.24) is 14.3 Å². The summed E-state index contributed by atoms with van der Waals surface area (Å²) in [5.41, 5.74) is 3.98. The average molecular weight is 565 g/mol. The highest BCUT2D eigenvalue weighted by Crippen LogP contribution is 2.26. The van der Waals surface area contributed by atoms with Gasteiger partial charge in [0.2, 0.25) is 21.9 Å². The van der Waals surface area contributed by atoms with Gasteiger partial charge in [0.15, 0.2) is 0 Å². The van der Waals surface area contributed by atoms with E-state index in [1.807, 2.05) is 41.3 Å². The number of piperazine rings is 1. The number of sulfonamides is 1. The fraction of sp³-hybridized carbons (Fsp3) is 0.179. The maximum absolute atomic E-state index is 14.1. The van der Waals surface area contributed by atoms with Crippen LogP contribution in [0.2, 0.25) is 0 Å². The third kappa shape index (κ3) is 6.08. The second kappa shape index (κ2) is 11.4. The Balaban J connectivity index is 1.20. The number of hydrogen-bond donors (Lipinski definition) is 2. The molecule has 4 aromatic rings. The standard InChI is InChI=1S/C28H26F2N6O3S/c1-19(37)32-22-5-2-20(3-6-22)26-12-13-31-28(34-26)33-23-7-9-24(10-8-23)35-14-16-36(17-15-35)40(38,39)27-11-4-21(29)18-25(27)30/h2-13,18H,14-17H2,1H3,(H,32,37)(H,31,33,34). The van der Waals surface area contributed by atoms with E-state index in [1.54, 1.807) is 24.4 Å². The lowest BCUT2D eigenvalue weighted by molar-refractivity contribution is -0.114. The van der Waals surface area contributed by atoms with Crippen LogP contribution < -0.4 is 15.5 Å². The summed E-state index contributed by atoms with van der Waals surface area (Å²) in [5, 5.41) is 5.92. The zero-order valence-corrected chi connectivity index (χ0v) is 22.3. The molecule has 0 saturated carbocycles.